The molecule has 0 bridgehead atoms. The molecule has 6 rings (SSSR count). The topological polar surface area (TPSA) is 319 Å². The van der Waals surface area contributed by atoms with Crippen LogP contribution in [0.5, 0.6) is 23.0 Å². The summed E-state index contributed by atoms with van der Waals surface area (Å²) in [4.78, 5) is 14.7. The first-order valence-electron chi connectivity index (χ1n) is 18.7. The molecule has 58 heavy (non-hydrogen) atoms. The molecule has 0 amide bonds. The van der Waals surface area contributed by atoms with E-state index in [1.807, 2.05) is 0 Å². The van der Waals surface area contributed by atoms with Crippen LogP contribution in [0.25, 0.3) is 22.3 Å². The molecule has 320 valence electrons. The van der Waals surface area contributed by atoms with Gasteiger partial charge in [0.25, 0.3) is 0 Å². The number of phenols is 2. The molecule has 12 N–H and O–H groups in total. The number of aliphatic hydroxyl groups excluding tert-OH is 10. The Hall–Kier alpha value is -3.93. The predicted octanol–water partition coefficient (Wildman–Crippen LogP) is -1.75. The highest BCUT2D eigenvalue weighted by Crippen LogP contribution is 2.42. The average molecular weight is 823 g/mol. The first kappa shape index (κ1) is 43.6. The van der Waals surface area contributed by atoms with Crippen LogP contribution in [0.2, 0.25) is 0 Å². The van der Waals surface area contributed by atoms with Crippen LogP contribution in [0, 0.1) is 5.92 Å². The van der Waals surface area contributed by atoms with Crippen LogP contribution in [0.15, 0.2) is 51.2 Å². The lowest BCUT2D eigenvalue weighted by Gasteiger charge is -2.45. The highest BCUT2D eigenvalue weighted by molar-refractivity contribution is 5.91. The molecule has 3 fully saturated rings. The number of ether oxygens (including phenoxy) is 5. The van der Waals surface area contributed by atoms with Gasteiger partial charge in [0.1, 0.15) is 83.2 Å². The first-order chi connectivity index (χ1) is 27.5. The number of phenolic OH excluding ortho intramolecular Hbond substituents is 2. The highest BCUT2D eigenvalue weighted by Gasteiger charge is 2.51. The zero-order valence-electron chi connectivity index (χ0n) is 31.7. The number of hydrogen-bond donors (Lipinski definition) is 12. The van der Waals surface area contributed by atoms with Crippen LogP contribution in [0.3, 0.4) is 0 Å². The van der Waals surface area contributed by atoms with Gasteiger partial charge in [-0.25, -0.2) is 0 Å². The van der Waals surface area contributed by atoms with E-state index in [1.54, 1.807) is 19.9 Å². The summed E-state index contributed by atoms with van der Waals surface area (Å²) in [6.45, 7) is 3.66. The van der Waals surface area contributed by atoms with Gasteiger partial charge in [0, 0.05) is 29.7 Å². The van der Waals surface area contributed by atoms with E-state index in [0.29, 0.717) is 0 Å². The molecule has 3 aromatic rings. The second-order valence-electron chi connectivity index (χ2n) is 15.1. The van der Waals surface area contributed by atoms with Gasteiger partial charge in [-0.3, -0.25) is 4.79 Å². The number of aromatic hydroxyl groups is 2. The first-order valence-corrected chi connectivity index (χ1v) is 18.7. The average Bonchev–Trinajstić information content (AvgIpc) is 3.19. The van der Waals surface area contributed by atoms with Crippen molar-refractivity contribution >= 4 is 11.0 Å². The molecule has 0 unspecified atom stereocenters. The number of allylic oxidation sites excluding steroid dienone is 2. The van der Waals surface area contributed by atoms with Gasteiger partial charge in [0.15, 0.2) is 18.2 Å². The van der Waals surface area contributed by atoms with Gasteiger partial charge in [0.05, 0.1) is 18.8 Å². The van der Waals surface area contributed by atoms with Crippen LogP contribution < -0.4 is 14.9 Å². The molecule has 0 radical (unpaired) electrons. The number of benzene rings is 2. The normalized spacial score (nSPS) is 35.4. The minimum absolute atomic E-state index is 0.0341. The van der Waals surface area contributed by atoms with Gasteiger partial charge >= 0.3 is 0 Å². The lowest BCUT2D eigenvalue weighted by Crippen LogP contribution is -2.64. The van der Waals surface area contributed by atoms with Crippen molar-refractivity contribution in [3.8, 4) is 34.3 Å². The molecular formula is C39H50O19. The molecule has 3 heterocycles. The molecule has 2 aromatic carbocycles. The van der Waals surface area contributed by atoms with E-state index in [1.165, 1.54) is 31.2 Å². The number of aliphatic hydroxyl groups is 10. The molecule has 2 aliphatic heterocycles. The lowest BCUT2D eigenvalue weighted by molar-refractivity contribution is -0.355. The zero-order valence-corrected chi connectivity index (χ0v) is 31.7. The molecule has 3 aliphatic rings. The Morgan fingerprint density at radius 1 is 0.793 bits per heavy atom. The van der Waals surface area contributed by atoms with E-state index in [2.05, 4.69) is 0 Å². The number of hydrogen-bond acceptors (Lipinski definition) is 19. The second kappa shape index (κ2) is 17.7. The maximum absolute atomic E-state index is 14.7. The summed E-state index contributed by atoms with van der Waals surface area (Å²) in [5.41, 5.74) is -0.0327. The molecular weight excluding hydrogens is 772 g/mol. The second-order valence-corrected chi connectivity index (χ2v) is 15.1. The Labute approximate surface area is 330 Å². The summed E-state index contributed by atoms with van der Waals surface area (Å²) in [6, 6.07) is 6.44. The number of fused-ring (bicyclic) bond motifs is 1. The summed E-state index contributed by atoms with van der Waals surface area (Å²) in [5, 5.41) is 126. The fraction of sp³-hybridized carbons (Fsp3) is 0.564. The van der Waals surface area contributed by atoms with E-state index < -0.39 is 127 Å². The third-order valence-corrected chi connectivity index (χ3v) is 10.8. The monoisotopic (exact) mass is 822 g/mol. The van der Waals surface area contributed by atoms with E-state index in [0.717, 1.165) is 11.6 Å². The quantitative estimate of drug-likeness (QED) is 0.0955. The Balaban J connectivity index is 1.49. The molecule has 19 heteroatoms. The van der Waals surface area contributed by atoms with E-state index in [-0.39, 0.29) is 46.8 Å². The van der Waals surface area contributed by atoms with Crippen molar-refractivity contribution in [3.63, 3.8) is 0 Å². The minimum atomic E-state index is -1.94. The Morgan fingerprint density at radius 3 is 2.10 bits per heavy atom. The summed E-state index contributed by atoms with van der Waals surface area (Å²) < 4.78 is 35.8. The number of rotatable bonds is 11. The molecule has 19 nitrogen and oxygen atoms in total. The van der Waals surface area contributed by atoms with Crippen LogP contribution in [0.1, 0.15) is 32.8 Å². The van der Waals surface area contributed by atoms with E-state index >= 15 is 0 Å². The molecule has 1 aromatic heterocycles. The molecule has 2 saturated heterocycles. The van der Waals surface area contributed by atoms with E-state index in [9.17, 15) is 66.1 Å². The van der Waals surface area contributed by atoms with Crippen molar-refractivity contribution < 1.29 is 89.4 Å². The van der Waals surface area contributed by atoms with Gasteiger partial charge in [-0.1, -0.05) is 11.6 Å². The standard InChI is InChI=1S/C39H50O19/c1-14(2)4-9-19-21(54-22-10-17(12-40)26(45)30(49)27(22)46)11-20(43)24-29(48)36(34(56-35(19)24)16-5-7-18(42)8-6-16)57-39-37(32(51)25(44)15(3)53-39)58-38-33(52)31(50)28(47)23(13-41)55-38/h4-8,11,15,17,22-23,25-28,30-33,37-47,49-52H,9-10,12-13H2,1-3H3/t15-,17+,22+,23+,25-,26+,27-,28+,30-,31-,32+,33+,37+,38-,39-/m0/s1. The van der Waals surface area contributed by atoms with Crippen molar-refractivity contribution in [3.05, 3.63) is 57.8 Å². The van der Waals surface area contributed by atoms with E-state index in [4.69, 9.17) is 28.1 Å². The van der Waals surface area contributed by atoms with Crippen LogP contribution >= 0.6 is 0 Å². The lowest BCUT2D eigenvalue weighted by atomic mass is 9.81. The SMILES string of the molecule is CC(C)=CCc1c(O[C@@H]2C[C@H](CO)[C@@H](O)[C@H](O)[C@H]2O)cc(O)c2c(=O)c(O[C@@H]3O[C@@H](C)[C@H](O)[C@@H](O)[C@H]3O[C@@H]3O[C@H](CO)[C@@H](O)[C@H](O)[C@H]3O)c(-c3ccc(O)cc3)oc12. The fourth-order valence-electron chi connectivity index (χ4n) is 7.31. The fourth-order valence-corrected chi connectivity index (χ4v) is 7.31. The van der Waals surface area contributed by atoms with Crippen molar-refractivity contribution in [1.29, 1.82) is 0 Å². The van der Waals surface area contributed by atoms with Crippen LogP contribution in [-0.2, 0) is 20.6 Å². The van der Waals surface area contributed by atoms with Gasteiger partial charge in [-0.15, -0.1) is 0 Å². The third kappa shape index (κ3) is 8.41. The Kier molecular flexibility index (Phi) is 13.3. The zero-order chi connectivity index (χ0) is 42.3. The van der Waals surface area contributed by atoms with Crippen LogP contribution in [0.4, 0.5) is 0 Å². The third-order valence-electron chi connectivity index (χ3n) is 10.8. The van der Waals surface area contributed by atoms with Gasteiger partial charge < -0.3 is 89.4 Å². The Bertz CT molecular complexity index is 1980. The smallest absolute Gasteiger partial charge is 0.239 e. The predicted molar refractivity (Wildman–Crippen MR) is 198 cm³/mol. The van der Waals surface area contributed by atoms with Gasteiger partial charge in [-0.05, 0) is 57.9 Å². The van der Waals surface area contributed by atoms with Gasteiger partial charge in [-0.2, -0.15) is 0 Å². The van der Waals surface area contributed by atoms with Crippen LogP contribution in [-0.4, -0.2) is 160 Å². The van der Waals surface area contributed by atoms with Crippen molar-refractivity contribution in [2.24, 2.45) is 5.92 Å². The summed E-state index contributed by atoms with van der Waals surface area (Å²) in [7, 11) is 0. The largest absolute Gasteiger partial charge is 0.508 e. The van der Waals surface area contributed by atoms with Crippen molar-refractivity contribution in [1.82, 2.24) is 0 Å². The minimum Gasteiger partial charge on any atom is -0.508 e. The summed E-state index contributed by atoms with van der Waals surface area (Å²) in [5.74, 6) is -2.70. The van der Waals surface area contributed by atoms with Crippen molar-refractivity contribution in [2.45, 2.75) is 119 Å². The molecule has 15 atom stereocenters. The van der Waals surface area contributed by atoms with Crippen molar-refractivity contribution in [2.75, 3.05) is 13.2 Å². The van der Waals surface area contributed by atoms with Gasteiger partial charge in [0.2, 0.25) is 17.5 Å². The molecule has 1 aliphatic carbocycles. The summed E-state index contributed by atoms with van der Waals surface area (Å²) >= 11 is 0. The maximum Gasteiger partial charge on any atom is 0.239 e. The highest BCUT2D eigenvalue weighted by atomic mass is 16.8. The Morgan fingerprint density at radius 2 is 1.47 bits per heavy atom. The maximum atomic E-state index is 14.7. The molecule has 1 saturated carbocycles. The summed E-state index contributed by atoms with van der Waals surface area (Å²) in [6.07, 6.45) is -21.3. The molecule has 0 spiro atoms.